The van der Waals surface area contributed by atoms with Gasteiger partial charge in [0, 0.05) is 19.1 Å². The van der Waals surface area contributed by atoms with Gasteiger partial charge in [0.2, 0.25) is 0 Å². The molecule has 0 aliphatic carbocycles. The largest absolute Gasteiger partial charge is 0.315 e. The average molecular weight is 186 g/mol. The molecular formula is C11H26N2. The monoisotopic (exact) mass is 186 g/mol. The zero-order valence-electron chi connectivity index (χ0n) is 9.93. The Labute approximate surface area is 83.7 Å². The van der Waals surface area contributed by atoms with E-state index in [1.165, 1.54) is 6.42 Å². The van der Waals surface area contributed by atoms with Gasteiger partial charge in [-0.05, 0) is 39.8 Å². The van der Waals surface area contributed by atoms with Crippen LogP contribution in [0.15, 0.2) is 0 Å². The van der Waals surface area contributed by atoms with Crippen molar-refractivity contribution in [3.8, 4) is 0 Å². The second kappa shape index (κ2) is 7.34. The molecule has 0 aromatic heterocycles. The van der Waals surface area contributed by atoms with Crippen LogP contribution in [-0.2, 0) is 0 Å². The fraction of sp³-hybridized carbons (Fsp3) is 1.00. The molecule has 2 nitrogen and oxygen atoms in total. The van der Waals surface area contributed by atoms with Crippen molar-refractivity contribution in [2.45, 2.75) is 40.2 Å². The van der Waals surface area contributed by atoms with E-state index in [-0.39, 0.29) is 0 Å². The van der Waals surface area contributed by atoms with Crippen LogP contribution >= 0.6 is 0 Å². The van der Waals surface area contributed by atoms with Gasteiger partial charge in [0.05, 0.1) is 0 Å². The topological polar surface area (TPSA) is 15.3 Å². The molecule has 0 saturated heterocycles. The van der Waals surface area contributed by atoms with Crippen LogP contribution in [0.5, 0.6) is 0 Å². The Balaban J connectivity index is 3.16. The van der Waals surface area contributed by atoms with E-state index >= 15 is 0 Å². The first-order valence-corrected chi connectivity index (χ1v) is 5.45. The van der Waals surface area contributed by atoms with E-state index in [4.69, 9.17) is 0 Å². The van der Waals surface area contributed by atoms with Crippen molar-refractivity contribution in [1.29, 1.82) is 0 Å². The highest BCUT2D eigenvalue weighted by atomic mass is 15.1. The molecule has 1 N–H and O–H groups in total. The zero-order valence-corrected chi connectivity index (χ0v) is 9.93. The second-order valence-corrected chi connectivity index (χ2v) is 4.51. The Hall–Kier alpha value is -0.0800. The van der Waals surface area contributed by atoms with Gasteiger partial charge in [-0.1, -0.05) is 13.8 Å². The number of hydrogen-bond donors (Lipinski definition) is 1. The van der Waals surface area contributed by atoms with Gasteiger partial charge >= 0.3 is 0 Å². The second-order valence-electron chi connectivity index (χ2n) is 4.51. The third-order valence-electron chi connectivity index (χ3n) is 2.42. The van der Waals surface area contributed by atoms with Gasteiger partial charge in [-0.3, -0.25) is 0 Å². The Bertz CT molecular complexity index is 111. The summed E-state index contributed by atoms with van der Waals surface area (Å²) in [5.74, 6) is 0.815. The number of likely N-dealkylation sites (N-methyl/N-ethyl adjacent to an activating group) is 1. The van der Waals surface area contributed by atoms with Crippen LogP contribution < -0.4 is 5.32 Å². The van der Waals surface area contributed by atoms with E-state index in [1.807, 2.05) is 0 Å². The van der Waals surface area contributed by atoms with Crippen molar-refractivity contribution in [2.24, 2.45) is 5.92 Å². The molecule has 0 fully saturated rings. The van der Waals surface area contributed by atoms with Crippen molar-refractivity contribution < 1.29 is 0 Å². The first-order chi connectivity index (χ1) is 6.04. The van der Waals surface area contributed by atoms with Crippen molar-refractivity contribution in [1.82, 2.24) is 10.2 Å². The quantitative estimate of drug-likeness (QED) is 0.612. The van der Waals surface area contributed by atoms with Crippen LogP contribution in [0.4, 0.5) is 0 Å². The molecule has 0 radical (unpaired) electrons. The van der Waals surface area contributed by atoms with Crippen LogP contribution in [0.25, 0.3) is 0 Å². The summed E-state index contributed by atoms with van der Waals surface area (Å²) < 4.78 is 0. The van der Waals surface area contributed by atoms with E-state index < -0.39 is 0 Å². The van der Waals surface area contributed by atoms with Crippen molar-refractivity contribution in [2.75, 3.05) is 26.7 Å². The minimum atomic E-state index is 0.659. The standard InChI is InChI=1S/C11H26N2/c1-10(2)6-7-12-8-9-13(5)11(3)4/h10-12H,6-9H2,1-5H3. The van der Waals surface area contributed by atoms with Crippen LogP contribution in [0.2, 0.25) is 0 Å². The molecule has 0 amide bonds. The lowest BCUT2D eigenvalue weighted by Gasteiger charge is -2.21. The van der Waals surface area contributed by atoms with Crippen molar-refractivity contribution in [3.63, 3.8) is 0 Å². The van der Waals surface area contributed by atoms with E-state index in [9.17, 15) is 0 Å². The highest BCUT2D eigenvalue weighted by molar-refractivity contribution is 4.59. The molecule has 0 aromatic rings. The highest BCUT2D eigenvalue weighted by Crippen LogP contribution is 1.96. The van der Waals surface area contributed by atoms with Gasteiger partial charge < -0.3 is 10.2 Å². The maximum absolute atomic E-state index is 3.46. The maximum Gasteiger partial charge on any atom is 0.0106 e. The molecule has 13 heavy (non-hydrogen) atoms. The number of hydrogen-bond acceptors (Lipinski definition) is 2. The third-order valence-corrected chi connectivity index (χ3v) is 2.42. The summed E-state index contributed by atoms with van der Waals surface area (Å²) in [4.78, 5) is 2.36. The zero-order chi connectivity index (χ0) is 10.3. The lowest BCUT2D eigenvalue weighted by Crippen LogP contribution is -2.34. The summed E-state index contributed by atoms with van der Waals surface area (Å²) >= 11 is 0. The smallest absolute Gasteiger partial charge is 0.0106 e. The van der Waals surface area contributed by atoms with Gasteiger partial charge in [-0.15, -0.1) is 0 Å². The molecular weight excluding hydrogens is 160 g/mol. The Morgan fingerprint density at radius 2 is 1.69 bits per heavy atom. The molecule has 0 spiro atoms. The van der Waals surface area contributed by atoms with Gasteiger partial charge in [-0.25, -0.2) is 0 Å². The molecule has 2 heteroatoms. The van der Waals surface area contributed by atoms with E-state index in [1.54, 1.807) is 0 Å². The summed E-state index contributed by atoms with van der Waals surface area (Å²) in [5, 5.41) is 3.46. The fourth-order valence-electron chi connectivity index (χ4n) is 1.03. The highest BCUT2D eigenvalue weighted by Gasteiger charge is 2.01. The van der Waals surface area contributed by atoms with Gasteiger partial charge in [0.25, 0.3) is 0 Å². The molecule has 0 bridgehead atoms. The summed E-state index contributed by atoms with van der Waals surface area (Å²) in [6.07, 6.45) is 1.28. The van der Waals surface area contributed by atoms with Gasteiger partial charge in [0.1, 0.15) is 0 Å². The lowest BCUT2D eigenvalue weighted by molar-refractivity contribution is 0.273. The number of nitrogens with zero attached hydrogens (tertiary/aromatic N) is 1. The molecule has 0 unspecified atom stereocenters. The van der Waals surface area contributed by atoms with Gasteiger partial charge in [0.15, 0.2) is 0 Å². The number of nitrogens with one attached hydrogen (secondary N) is 1. The maximum atomic E-state index is 3.46. The van der Waals surface area contributed by atoms with E-state index in [2.05, 4.69) is 45.0 Å². The van der Waals surface area contributed by atoms with E-state index in [0.717, 1.165) is 25.6 Å². The molecule has 0 saturated carbocycles. The predicted molar refractivity (Wildman–Crippen MR) is 60.1 cm³/mol. The van der Waals surface area contributed by atoms with E-state index in [0.29, 0.717) is 6.04 Å². The average Bonchev–Trinajstić information content (AvgIpc) is 2.02. The molecule has 0 aliphatic rings. The number of rotatable bonds is 7. The normalized spacial score (nSPS) is 12.0. The van der Waals surface area contributed by atoms with Crippen LogP contribution in [0, 0.1) is 5.92 Å². The summed E-state index contributed by atoms with van der Waals surface area (Å²) in [6, 6.07) is 0.659. The van der Waals surface area contributed by atoms with Crippen molar-refractivity contribution in [3.05, 3.63) is 0 Å². The molecule has 0 aliphatic heterocycles. The summed E-state index contributed by atoms with van der Waals surface area (Å²) in [6.45, 7) is 12.4. The SMILES string of the molecule is CC(C)CCNCCN(C)C(C)C. The fourth-order valence-corrected chi connectivity index (χ4v) is 1.03. The molecule has 0 heterocycles. The molecule has 0 rings (SSSR count). The Kier molecular flexibility index (Phi) is 7.29. The first kappa shape index (κ1) is 12.9. The Morgan fingerprint density at radius 1 is 1.08 bits per heavy atom. The summed E-state index contributed by atoms with van der Waals surface area (Å²) in [5.41, 5.74) is 0. The van der Waals surface area contributed by atoms with Gasteiger partial charge in [-0.2, -0.15) is 0 Å². The lowest BCUT2D eigenvalue weighted by atomic mass is 10.1. The summed E-state index contributed by atoms with van der Waals surface area (Å²) in [7, 11) is 2.18. The predicted octanol–water partition coefficient (Wildman–Crippen LogP) is 1.96. The van der Waals surface area contributed by atoms with Crippen LogP contribution in [0.3, 0.4) is 0 Å². The molecule has 0 aromatic carbocycles. The van der Waals surface area contributed by atoms with Crippen molar-refractivity contribution >= 4 is 0 Å². The third kappa shape index (κ3) is 8.26. The minimum Gasteiger partial charge on any atom is -0.315 e. The molecule has 0 atom stereocenters. The minimum absolute atomic E-state index is 0.659. The molecule has 80 valence electrons. The Morgan fingerprint density at radius 3 is 2.15 bits per heavy atom. The first-order valence-electron chi connectivity index (χ1n) is 5.45. The van der Waals surface area contributed by atoms with Crippen LogP contribution in [-0.4, -0.2) is 37.6 Å². The van der Waals surface area contributed by atoms with Crippen LogP contribution in [0.1, 0.15) is 34.1 Å².